The summed E-state index contributed by atoms with van der Waals surface area (Å²) in [5.74, 6) is 1.38. The van der Waals surface area contributed by atoms with Crippen molar-refractivity contribution in [3.8, 4) is 11.5 Å². The van der Waals surface area contributed by atoms with Crippen LogP contribution in [0.5, 0.6) is 11.5 Å². The average Bonchev–Trinajstić information content (AvgIpc) is 2.48. The van der Waals surface area contributed by atoms with E-state index < -0.39 is 0 Å². The summed E-state index contributed by atoms with van der Waals surface area (Å²) in [6.07, 6.45) is 3.45. The Hall–Kier alpha value is -0.970. The van der Waals surface area contributed by atoms with Gasteiger partial charge in [0.2, 0.25) is 0 Å². The van der Waals surface area contributed by atoms with Crippen LogP contribution in [0.4, 0.5) is 0 Å². The minimum Gasteiger partial charge on any atom is -0.486 e. The Bertz CT molecular complexity index is 480. The van der Waals surface area contributed by atoms with E-state index in [0.717, 1.165) is 30.8 Å². The molecule has 1 unspecified atom stereocenters. The van der Waals surface area contributed by atoms with E-state index in [1.54, 1.807) is 0 Å². The molecule has 0 aromatic heterocycles. The van der Waals surface area contributed by atoms with E-state index in [4.69, 9.17) is 21.1 Å². The lowest BCUT2D eigenvalue weighted by Crippen LogP contribution is -2.41. The molecule has 110 valence electrons. The molecule has 1 aromatic carbocycles. The highest BCUT2D eigenvalue weighted by Gasteiger charge is 2.23. The fraction of sp³-hybridized carbons (Fsp3) is 0.600. The first-order chi connectivity index (χ1) is 9.78. The molecule has 3 rings (SSSR count). The van der Waals surface area contributed by atoms with Gasteiger partial charge >= 0.3 is 0 Å². The van der Waals surface area contributed by atoms with Crippen molar-refractivity contribution in [3.63, 3.8) is 0 Å². The molecule has 4 nitrogen and oxygen atoms in total. The lowest BCUT2D eigenvalue weighted by Gasteiger charge is -2.34. The predicted octanol–water partition coefficient (Wildman–Crippen LogP) is 2.46. The smallest absolute Gasteiger partial charge is 0.179 e. The first kappa shape index (κ1) is 14.0. The Labute approximate surface area is 124 Å². The van der Waals surface area contributed by atoms with Gasteiger partial charge in [-0.2, -0.15) is 0 Å². The first-order valence-corrected chi connectivity index (χ1v) is 7.58. The van der Waals surface area contributed by atoms with Crippen LogP contribution < -0.4 is 9.47 Å². The molecule has 2 heterocycles. The Balaban J connectivity index is 1.78. The number of halogens is 1. The summed E-state index contributed by atoms with van der Waals surface area (Å²) in [6.45, 7) is 3.15. The summed E-state index contributed by atoms with van der Waals surface area (Å²) in [5, 5.41) is 10.1. The number of hydrogen-bond acceptors (Lipinski definition) is 4. The van der Waals surface area contributed by atoms with Gasteiger partial charge in [-0.3, -0.25) is 4.90 Å². The second kappa shape index (κ2) is 6.20. The van der Waals surface area contributed by atoms with Gasteiger partial charge in [-0.25, -0.2) is 0 Å². The standard InChI is InChI=1S/C15H20ClNO3/c16-13-7-11(8-14-15(13)20-6-5-19-14)9-17-4-2-1-3-12(17)10-18/h7-8,12,18H,1-6,9-10H2. The number of ether oxygens (including phenoxy) is 2. The molecule has 0 saturated carbocycles. The third-order valence-corrected chi connectivity index (χ3v) is 4.28. The van der Waals surface area contributed by atoms with Gasteiger partial charge in [0.1, 0.15) is 13.2 Å². The van der Waals surface area contributed by atoms with Crippen LogP contribution in [0.15, 0.2) is 12.1 Å². The zero-order chi connectivity index (χ0) is 13.9. The summed E-state index contributed by atoms with van der Waals surface area (Å²) in [7, 11) is 0. The van der Waals surface area contributed by atoms with Gasteiger partial charge in [0, 0.05) is 12.6 Å². The summed E-state index contributed by atoms with van der Waals surface area (Å²) >= 11 is 6.26. The maximum atomic E-state index is 9.47. The Kier molecular flexibility index (Phi) is 4.34. The average molecular weight is 298 g/mol. The topological polar surface area (TPSA) is 41.9 Å². The molecule has 1 atom stereocenters. The lowest BCUT2D eigenvalue weighted by atomic mass is 10.0. The molecule has 0 spiro atoms. The van der Waals surface area contributed by atoms with Crippen molar-refractivity contribution in [2.45, 2.75) is 31.8 Å². The van der Waals surface area contributed by atoms with E-state index in [9.17, 15) is 5.11 Å². The Morgan fingerprint density at radius 1 is 1.25 bits per heavy atom. The van der Waals surface area contributed by atoms with E-state index in [0.29, 0.717) is 24.0 Å². The van der Waals surface area contributed by atoms with Gasteiger partial charge < -0.3 is 14.6 Å². The van der Waals surface area contributed by atoms with Gasteiger partial charge in [0.15, 0.2) is 11.5 Å². The van der Waals surface area contributed by atoms with Crippen molar-refractivity contribution in [1.29, 1.82) is 0 Å². The quantitative estimate of drug-likeness (QED) is 0.930. The molecule has 0 amide bonds. The number of fused-ring (bicyclic) bond motifs is 1. The maximum absolute atomic E-state index is 9.47. The molecule has 2 aliphatic rings. The monoisotopic (exact) mass is 297 g/mol. The second-order valence-electron chi connectivity index (χ2n) is 5.40. The van der Waals surface area contributed by atoms with Crippen molar-refractivity contribution in [2.24, 2.45) is 0 Å². The van der Waals surface area contributed by atoms with Crippen LogP contribution in [0.3, 0.4) is 0 Å². The van der Waals surface area contributed by atoms with Gasteiger partial charge in [-0.15, -0.1) is 0 Å². The molecule has 1 saturated heterocycles. The van der Waals surface area contributed by atoms with Crippen molar-refractivity contribution in [3.05, 3.63) is 22.7 Å². The molecule has 0 radical (unpaired) electrons. The summed E-state index contributed by atoms with van der Waals surface area (Å²) in [6, 6.07) is 4.21. The molecule has 20 heavy (non-hydrogen) atoms. The van der Waals surface area contributed by atoms with Crippen LogP contribution in [0.2, 0.25) is 5.02 Å². The van der Waals surface area contributed by atoms with Crippen LogP contribution in [0, 0.1) is 0 Å². The third-order valence-electron chi connectivity index (χ3n) is 4.00. The minimum atomic E-state index is 0.221. The van der Waals surface area contributed by atoms with Crippen LogP contribution in [0.1, 0.15) is 24.8 Å². The number of rotatable bonds is 3. The van der Waals surface area contributed by atoms with Gasteiger partial charge in [0.05, 0.1) is 11.6 Å². The van der Waals surface area contributed by atoms with Crippen molar-refractivity contribution >= 4 is 11.6 Å². The molecule has 5 heteroatoms. The van der Waals surface area contributed by atoms with E-state index in [2.05, 4.69) is 4.90 Å². The number of benzene rings is 1. The molecule has 1 aromatic rings. The van der Waals surface area contributed by atoms with Crippen LogP contribution in [0.25, 0.3) is 0 Å². The maximum Gasteiger partial charge on any atom is 0.179 e. The largest absolute Gasteiger partial charge is 0.486 e. The van der Waals surface area contributed by atoms with E-state index in [1.165, 1.54) is 12.8 Å². The number of piperidine rings is 1. The van der Waals surface area contributed by atoms with Crippen molar-refractivity contribution < 1.29 is 14.6 Å². The highest BCUT2D eigenvalue weighted by Crippen LogP contribution is 2.38. The summed E-state index contributed by atoms with van der Waals surface area (Å²) < 4.78 is 11.1. The van der Waals surface area contributed by atoms with Crippen LogP contribution >= 0.6 is 11.6 Å². The van der Waals surface area contributed by atoms with Crippen molar-refractivity contribution in [2.75, 3.05) is 26.4 Å². The van der Waals surface area contributed by atoms with Crippen LogP contribution in [-0.2, 0) is 6.54 Å². The number of nitrogens with zero attached hydrogens (tertiary/aromatic N) is 1. The summed E-state index contributed by atoms with van der Waals surface area (Å²) in [4.78, 5) is 2.32. The predicted molar refractivity (Wildman–Crippen MR) is 77.6 cm³/mol. The van der Waals surface area contributed by atoms with E-state index >= 15 is 0 Å². The molecule has 1 N–H and O–H groups in total. The Morgan fingerprint density at radius 3 is 2.95 bits per heavy atom. The molecular formula is C15H20ClNO3. The molecule has 1 fully saturated rings. The molecule has 0 bridgehead atoms. The zero-order valence-electron chi connectivity index (χ0n) is 11.5. The van der Waals surface area contributed by atoms with Crippen molar-refractivity contribution in [1.82, 2.24) is 4.90 Å². The highest BCUT2D eigenvalue weighted by atomic mass is 35.5. The molecule has 2 aliphatic heterocycles. The number of aliphatic hydroxyl groups excluding tert-OH is 1. The first-order valence-electron chi connectivity index (χ1n) is 7.21. The van der Waals surface area contributed by atoms with Gasteiger partial charge in [-0.05, 0) is 37.1 Å². The minimum absolute atomic E-state index is 0.221. The number of aliphatic hydroxyl groups is 1. The fourth-order valence-electron chi connectivity index (χ4n) is 2.96. The van der Waals surface area contributed by atoms with E-state index in [-0.39, 0.29) is 12.6 Å². The van der Waals surface area contributed by atoms with E-state index in [1.807, 2.05) is 12.1 Å². The SMILES string of the molecule is OCC1CCCCN1Cc1cc(Cl)c2c(c1)OCCO2. The van der Waals surface area contributed by atoms with Crippen LogP contribution in [-0.4, -0.2) is 42.4 Å². The number of hydrogen-bond donors (Lipinski definition) is 1. The summed E-state index contributed by atoms with van der Waals surface area (Å²) in [5.41, 5.74) is 1.11. The molecule has 0 aliphatic carbocycles. The molecular weight excluding hydrogens is 278 g/mol. The normalized spacial score (nSPS) is 22.8. The highest BCUT2D eigenvalue weighted by molar-refractivity contribution is 6.32. The second-order valence-corrected chi connectivity index (χ2v) is 5.81. The zero-order valence-corrected chi connectivity index (χ0v) is 12.2. The Morgan fingerprint density at radius 2 is 2.10 bits per heavy atom. The van der Waals surface area contributed by atoms with Gasteiger partial charge in [-0.1, -0.05) is 18.0 Å². The lowest BCUT2D eigenvalue weighted by molar-refractivity contribution is 0.0839. The van der Waals surface area contributed by atoms with Gasteiger partial charge in [0.25, 0.3) is 0 Å². The third kappa shape index (κ3) is 2.87. The number of likely N-dealkylation sites (tertiary alicyclic amines) is 1. The fourth-order valence-corrected chi connectivity index (χ4v) is 3.25.